The van der Waals surface area contributed by atoms with Crippen molar-refractivity contribution in [2.45, 2.75) is 85.1 Å². The summed E-state index contributed by atoms with van der Waals surface area (Å²) < 4.78 is 7.09. The second kappa shape index (κ2) is 11.0. The van der Waals surface area contributed by atoms with Gasteiger partial charge in [0.15, 0.2) is 0 Å². The molecule has 0 saturated heterocycles. The molecule has 0 aliphatic heterocycles. The summed E-state index contributed by atoms with van der Waals surface area (Å²) in [5.74, 6) is 0.414. The van der Waals surface area contributed by atoms with Gasteiger partial charge in [-0.1, -0.05) is 101 Å². The summed E-state index contributed by atoms with van der Waals surface area (Å²) in [4.78, 5) is 24.7. The van der Waals surface area contributed by atoms with Crippen molar-refractivity contribution in [1.29, 1.82) is 0 Å². The number of allylic oxidation sites excluding steroid dienone is 1. The monoisotopic (exact) mass is 504 g/mol. The molecule has 2 aromatic rings. The number of Topliss-reactive ketones (excluding diaryl/α,β-unsaturated/α-hetero) is 2. The molecule has 0 radical (unpaired) electrons. The second-order valence-corrected chi connectivity index (χ2v) is 16.3. The van der Waals surface area contributed by atoms with E-state index in [1.807, 2.05) is 0 Å². The lowest BCUT2D eigenvalue weighted by molar-refractivity contribution is -0.126. The molecule has 0 aromatic heterocycles. The van der Waals surface area contributed by atoms with Crippen LogP contribution in [0, 0.1) is 10.8 Å². The van der Waals surface area contributed by atoms with Gasteiger partial charge in [0.25, 0.3) is 8.32 Å². The third-order valence-corrected chi connectivity index (χ3v) is 13.8. The maximum Gasteiger partial charge on any atom is 0.261 e. The fraction of sp³-hybridized carbons (Fsp3) is 0.500. The van der Waals surface area contributed by atoms with Crippen LogP contribution in [0.5, 0.6) is 0 Å². The van der Waals surface area contributed by atoms with Gasteiger partial charge in [0, 0.05) is 19.4 Å². The van der Waals surface area contributed by atoms with Gasteiger partial charge in [-0.15, -0.1) is 0 Å². The molecule has 194 valence electrons. The van der Waals surface area contributed by atoms with Crippen LogP contribution in [0.25, 0.3) is 0 Å². The first kappa shape index (κ1) is 28.3. The minimum absolute atomic E-state index is 0.0571. The summed E-state index contributed by atoms with van der Waals surface area (Å²) in [6, 6.07) is 21.4. The number of hydrogen-bond donors (Lipinski definition) is 0. The van der Waals surface area contributed by atoms with Crippen molar-refractivity contribution < 1.29 is 14.0 Å². The molecule has 1 saturated carbocycles. The zero-order chi connectivity index (χ0) is 26.6. The number of benzene rings is 2. The van der Waals surface area contributed by atoms with Crippen molar-refractivity contribution in [3.05, 3.63) is 72.8 Å². The Kier molecular flexibility index (Phi) is 8.62. The summed E-state index contributed by atoms with van der Waals surface area (Å²) in [6.45, 7) is 17.8. The van der Waals surface area contributed by atoms with E-state index in [4.69, 9.17) is 4.43 Å². The van der Waals surface area contributed by atoms with Crippen molar-refractivity contribution in [3.8, 4) is 0 Å². The SMILES string of the molecule is C=C(CCC(C)=O)[C@]1(C)C(=O)CC[C@@]1(C)CCCO[Si](c1ccccc1)(c1ccccc1)C(C)(C)C. The molecule has 2 aromatic carbocycles. The van der Waals surface area contributed by atoms with Gasteiger partial charge in [-0.3, -0.25) is 4.79 Å². The number of rotatable bonds is 11. The van der Waals surface area contributed by atoms with E-state index >= 15 is 0 Å². The summed E-state index contributed by atoms with van der Waals surface area (Å²) in [7, 11) is -2.57. The minimum Gasteiger partial charge on any atom is -0.407 e. The summed E-state index contributed by atoms with van der Waals surface area (Å²) >= 11 is 0. The van der Waals surface area contributed by atoms with E-state index in [0.29, 0.717) is 25.9 Å². The van der Waals surface area contributed by atoms with Crippen LogP contribution in [0.2, 0.25) is 5.04 Å². The first-order chi connectivity index (χ1) is 16.9. The predicted octanol–water partition coefficient (Wildman–Crippen LogP) is 6.64. The highest BCUT2D eigenvalue weighted by Gasteiger charge is 2.55. The highest BCUT2D eigenvalue weighted by molar-refractivity contribution is 6.99. The normalized spacial score (nSPS) is 22.6. The first-order valence-electron chi connectivity index (χ1n) is 13.3. The van der Waals surface area contributed by atoms with Crippen molar-refractivity contribution in [1.82, 2.24) is 0 Å². The molecule has 3 rings (SSSR count). The van der Waals surface area contributed by atoms with Crippen molar-refractivity contribution in [3.63, 3.8) is 0 Å². The average Bonchev–Trinajstić information content (AvgIpc) is 3.08. The molecule has 4 heteroatoms. The molecule has 1 aliphatic rings. The molecule has 1 fully saturated rings. The zero-order valence-electron chi connectivity index (χ0n) is 23.2. The average molecular weight is 505 g/mol. The van der Waals surface area contributed by atoms with Crippen LogP contribution in [0.15, 0.2) is 72.8 Å². The van der Waals surface area contributed by atoms with E-state index in [-0.39, 0.29) is 22.0 Å². The van der Waals surface area contributed by atoms with Crippen LogP contribution >= 0.6 is 0 Å². The van der Waals surface area contributed by atoms with Gasteiger partial charge in [-0.2, -0.15) is 0 Å². The van der Waals surface area contributed by atoms with Crippen molar-refractivity contribution >= 4 is 30.3 Å². The molecule has 0 bridgehead atoms. The zero-order valence-corrected chi connectivity index (χ0v) is 24.2. The predicted molar refractivity (Wildman–Crippen MR) is 152 cm³/mol. The molecule has 0 unspecified atom stereocenters. The van der Waals surface area contributed by atoms with Crippen molar-refractivity contribution in [2.75, 3.05) is 6.61 Å². The van der Waals surface area contributed by atoms with Crippen LogP contribution in [0.1, 0.15) is 80.1 Å². The lowest BCUT2D eigenvalue weighted by Crippen LogP contribution is -2.66. The van der Waals surface area contributed by atoms with E-state index in [9.17, 15) is 9.59 Å². The van der Waals surface area contributed by atoms with Gasteiger partial charge in [-0.05, 0) is 60.4 Å². The van der Waals surface area contributed by atoms with Gasteiger partial charge in [-0.25, -0.2) is 0 Å². The molecule has 0 spiro atoms. The van der Waals surface area contributed by atoms with Crippen LogP contribution in [-0.2, 0) is 14.0 Å². The Morgan fingerprint density at radius 2 is 1.50 bits per heavy atom. The maximum absolute atomic E-state index is 13.1. The second-order valence-electron chi connectivity index (χ2n) is 12.0. The van der Waals surface area contributed by atoms with Crippen LogP contribution in [-0.4, -0.2) is 26.5 Å². The van der Waals surface area contributed by atoms with Crippen LogP contribution < -0.4 is 10.4 Å². The number of carbonyl (C=O) groups excluding carboxylic acids is 2. The minimum atomic E-state index is -2.57. The molecule has 1 aliphatic carbocycles. The Hall–Kier alpha value is -2.30. The fourth-order valence-corrected chi connectivity index (χ4v) is 10.9. The number of carbonyl (C=O) groups is 2. The maximum atomic E-state index is 13.1. The molecule has 3 nitrogen and oxygen atoms in total. The van der Waals surface area contributed by atoms with E-state index in [0.717, 1.165) is 24.8 Å². The lowest BCUT2D eigenvalue weighted by atomic mass is 9.61. The number of hydrogen-bond acceptors (Lipinski definition) is 3. The lowest BCUT2D eigenvalue weighted by Gasteiger charge is -2.44. The van der Waals surface area contributed by atoms with Crippen LogP contribution in [0.4, 0.5) is 0 Å². The summed E-state index contributed by atoms with van der Waals surface area (Å²) in [6.07, 6.45) is 4.26. The van der Waals surface area contributed by atoms with E-state index in [1.165, 1.54) is 10.4 Å². The Bertz CT molecular complexity index is 1030. The van der Waals surface area contributed by atoms with Gasteiger partial charge in [0.05, 0.1) is 5.41 Å². The van der Waals surface area contributed by atoms with Gasteiger partial charge in [0.1, 0.15) is 11.6 Å². The third-order valence-electron chi connectivity index (χ3n) is 8.76. The van der Waals surface area contributed by atoms with E-state index < -0.39 is 13.7 Å². The van der Waals surface area contributed by atoms with E-state index in [1.54, 1.807) is 6.92 Å². The summed E-state index contributed by atoms with van der Waals surface area (Å²) in [5, 5.41) is 2.51. The standard InChI is InChI=1S/C32H44O3Si/c1-25(19-20-26(2)33)32(7)29(34)21-23-31(32,6)22-14-24-35-36(30(3,4)5,27-15-10-8-11-16-27)28-17-12-9-13-18-28/h8-13,15-18H,1,14,19-24H2,2-7H3/t31-,32-/m1/s1. The number of ketones is 2. The van der Waals surface area contributed by atoms with Gasteiger partial charge < -0.3 is 9.22 Å². The van der Waals surface area contributed by atoms with Gasteiger partial charge in [0.2, 0.25) is 0 Å². The van der Waals surface area contributed by atoms with E-state index in [2.05, 4.69) is 102 Å². The highest BCUT2D eigenvalue weighted by atomic mass is 28.4. The van der Waals surface area contributed by atoms with Crippen molar-refractivity contribution in [2.24, 2.45) is 10.8 Å². The molecule has 36 heavy (non-hydrogen) atoms. The summed E-state index contributed by atoms with van der Waals surface area (Å²) in [5.41, 5.74) is 0.155. The molecular formula is C32H44O3Si. The fourth-order valence-electron chi connectivity index (χ4n) is 6.25. The van der Waals surface area contributed by atoms with Gasteiger partial charge >= 0.3 is 0 Å². The largest absolute Gasteiger partial charge is 0.407 e. The molecule has 2 atom stereocenters. The molecular weight excluding hydrogens is 460 g/mol. The Morgan fingerprint density at radius 3 is 1.97 bits per heavy atom. The first-order valence-corrected chi connectivity index (χ1v) is 15.3. The molecule has 0 heterocycles. The third kappa shape index (κ3) is 5.21. The Labute approximate surface area is 219 Å². The smallest absolute Gasteiger partial charge is 0.261 e. The molecule has 0 N–H and O–H groups in total. The van der Waals surface area contributed by atoms with Crippen LogP contribution in [0.3, 0.4) is 0 Å². The topological polar surface area (TPSA) is 43.4 Å². The Morgan fingerprint density at radius 1 is 0.972 bits per heavy atom. The highest BCUT2D eigenvalue weighted by Crippen LogP contribution is 2.57. The quantitative estimate of drug-likeness (QED) is 0.196. The molecule has 0 amide bonds. The Balaban J connectivity index is 1.84.